The van der Waals surface area contributed by atoms with Crippen LogP contribution < -0.4 is 0 Å². The molecule has 0 nitrogen and oxygen atoms in total. The van der Waals surface area contributed by atoms with Gasteiger partial charge in [-0.05, 0) is 10.4 Å². The van der Waals surface area contributed by atoms with Crippen LogP contribution in [0.2, 0.25) is 0 Å². The van der Waals surface area contributed by atoms with E-state index in [-0.39, 0.29) is 0 Å². The Bertz CT molecular complexity index is 205. The standard InChI is InChI=1S/C6H4Si2/c1-3-7-6-2-4-8-5(1)6/h1-4H. The molecule has 2 rings (SSSR count). The van der Waals surface area contributed by atoms with Gasteiger partial charge in [0.2, 0.25) is 0 Å². The Labute approximate surface area is 52.8 Å². The number of hydrogen-bond donors (Lipinski definition) is 0. The van der Waals surface area contributed by atoms with E-state index in [1.165, 1.54) is 0 Å². The Kier molecular flexibility index (Phi) is 0.886. The summed E-state index contributed by atoms with van der Waals surface area (Å²) < 4.78 is 0. The summed E-state index contributed by atoms with van der Waals surface area (Å²) >= 11 is 0. The molecule has 0 bridgehead atoms. The molecule has 8 heavy (non-hydrogen) atoms. The first kappa shape index (κ1) is 4.52. The van der Waals surface area contributed by atoms with Crippen molar-refractivity contribution < 1.29 is 0 Å². The minimum absolute atomic E-state index is 0.962. The van der Waals surface area contributed by atoms with E-state index in [0.717, 1.165) is 18.3 Å². The van der Waals surface area contributed by atoms with Crippen molar-refractivity contribution in [3.8, 4) is 0 Å². The van der Waals surface area contributed by atoms with Crippen LogP contribution in [0.3, 0.4) is 0 Å². The van der Waals surface area contributed by atoms with Crippen LogP contribution in [-0.4, -0.2) is 29.6 Å². The van der Waals surface area contributed by atoms with Crippen molar-refractivity contribution in [3.05, 3.63) is 22.5 Å². The van der Waals surface area contributed by atoms with Crippen LogP contribution in [0.1, 0.15) is 0 Å². The molecule has 0 aromatic heterocycles. The molecular formula is C6H4Si2. The van der Waals surface area contributed by atoms with Gasteiger partial charge in [-0.2, -0.15) is 0 Å². The van der Waals surface area contributed by atoms with Gasteiger partial charge in [-0.1, -0.05) is 23.5 Å². The molecule has 0 unspecified atom stereocenters. The zero-order valence-corrected chi connectivity index (χ0v) is 6.31. The summed E-state index contributed by atoms with van der Waals surface area (Å²) in [5.41, 5.74) is 4.53. The number of hydrogen-bond acceptors (Lipinski definition) is 0. The molecule has 2 heterocycles. The summed E-state index contributed by atoms with van der Waals surface area (Å²) in [6, 6.07) is 0. The summed E-state index contributed by atoms with van der Waals surface area (Å²) in [6.45, 7) is 0. The van der Waals surface area contributed by atoms with Crippen LogP contribution in [0.25, 0.3) is 0 Å². The minimum Gasteiger partial charge on any atom is -0.0765 e. The molecule has 0 aromatic carbocycles. The zero-order valence-electron chi connectivity index (χ0n) is 4.31. The molecule has 0 saturated heterocycles. The molecule has 0 aromatic rings. The van der Waals surface area contributed by atoms with E-state index in [0.29, 0.717) is 0 Å². The third-order valence-corrected chi connectivity index (χ3v) is 3.68. The second kappa shape index (κ2) is 1.57. The van der Waals surface area contributed by atoms with Crippen LogP contribution in [0.15, 0.2) is 22.5 Å². The molecule has 0 N–H and O–H groups in total. The van der Waals surface area contributed by atoms with Crippen molar-refractivity contribution in [1.29, 1.82) is 0 Å². The third kappa shape index (κ3) is 0.500. The second-order valence-electron chi connectivity index (χ2n) is 1.78. The number of rotatable bonds is 0. The molecule has 2 radical (unpaired) electrons. The van der Waals surface area contributed by atoms with Gasteiger partial charge < -0.3 is 0 Å². The van der Waals surface area contributed by atoms with Crippen molar-refractivity contribution in [2.24, 2.45) is 0 Å². The highest BCUT2D eigenvalue weighted by molar-refractivity contribution is 6.73. The maximum absolute atomic E-state index is 2.27. The van der Waals surface area contributed by atoms with E-state index in [1.807, 2.05) is 0 Å². The predicted molar refractivity (Wildman–Crippen MR) is 39.8 cm³/mol. The van der Waals surface area contributed by atoms with Crippen molar-refractivity contribution in [3.63, 3.8) is 0 Å². The summed E-state index contributed by atoms with van der Waals surface area (Å²) in [6.07, 6.45) is 4.51. The molecule has 0 atom stereocenters. The highest BCUT2D eigenvalue weighted by Gasteiger charge is 2.05. The van der Waals surface area contributed by atoms with Gasteiger partial charge in [-0.25, -0.2) is 0 Å². The van der Waals surface area contributed by atoms with E-state index in [2.05, 4.69) is 23.5 Å². The molecule has 2 aliphatic rings. The fraction of sp³-hybridized carbons (Fsp3) is 0. The van der Waals surface area contributed by atoms with Gasteiger partial charge in [0, 0.05) is 0 Å². The van der Waals surface area contributed by atoms with E-state index < -0.39 is 0 Å². The Morgan fingerprint density at radius 1 is 0.875 bits per heavy atom. The van der Waals surface area contributed by atoms with Crippen molar-refractivity contribution in [2.75, 3.05) is 0 Å². The van der Waals surface area contributed by atoms with E-state index in [1.54, 1.807) is 10.4 Å². The van der Waals surface area contributed by atoms with Crippen molar-refractivity contribution >= 4 is 29.6 Å². The average Bonchev–Trinajstić information content (AvgIpc) is 2.15. The first-order valence-electron chi connectivity index (χ1n) is 2.57. The quantitative estimate of drug-likeness (QED) is 0.400. The van der Waals surface area contributed by atoms with Gasteiger partial charge >= 0.3 is 0 Å². The lowest BCUT2D eigenvalue weighted by atomic mass is 10.4. The minimum atomic E-state index is 0.962. The maximum atomic E-state index is 2.27. The SMILES string of the molecule is C1=[Si]C2=CC=[Si]C2=C1. The predicted octanol–water partition coefficient (Wildman–Crippen LogP) is -0.206. The number of fused-ring (bicyclic) bond motifs is 1. The van der Waals surface area contributed by atoms with E-state index >= 15 is 0 Å². The molecule has 2 aliphatic heterocycles. The van der Waals surface area contributed by atoms with E-state index in [4.69, 9.17) is 0 Å². The highest BCUT2D eigenvalue weighted by atomic mass is 28.2. The van der Waals surface area contributed by atoms with Gasteiger partial charge in [-0.15, -0.1) is 0 Å². The second-order valence-corrected chi connectivity index (χ2v) is 4.10. The maximum Gasteiger partial charge on any atom is 0.0600 e. The van der Waals surface area contributed by atoms with Gasteiger partial charge in [0.05, 0.1) is 18.3 Å². The molecule has 2 heteroatoms. The molecule has 0 aliphatic carbocycles. The highest BCUT2D eigenvalue weighted by Crippen LogP contribution is 2.09. The Hall–Kier alpha value is -0.346. The molecule has 36 valence electrons. The zero-order chi connectivity index (χ0) is 5.40. The molecular weight excluding hydrogens is 128 g/mol. The van der Waals surface area contributed by atoms with Crippen LogP contribution in [0.5, 0.6) is 0 Å². The topological polar surface area (TPSA) is 0 Å². The van der Waals surface area contributed by atoms with Crippen LogP contribution in [0, 0.1) is 0 Å². The first-order valence-corrected chi connectivity index (χ1v) is 4.73. The molecule has 0 saturated carbocycles. The number of allylic oxidation sites excluding steroid dienone is 4. The van der Waals surface area contributed by atoms with Gasteiger partial charge in [0.15, 0.2) is 0 Å². The first-order chi connectivity index (χ1) is 3.97. The van der Waals surface area contributed by atoms with Gasteiger partial charge in [0.1, 0.15) is 0 Å². The average molecular weight is 132 g/mol. The van der Waals surface area contributed by atoms with Crippen molar-refractivity contribution in [2.45, 2.75) is 0 Å². The van der Waals surface area contributed by atoms with Crippen LogP contribution in [0.4, 0.5) is 0 Å². The third-order valence-electron chi connectivity index (χ3n) is 1.27. The lowest BCUT2D eigenvalue weighted by Crippen LogP contribution is -1.82. The molecule has 0 spiro atoms. The summed E-state index contributed by atoms with van der Waals surface area (Å²) in [5.74, 6) is 0. The largest absolute Gasteiger partial charge is 0.0765 e. The van der Waals surface area contributed by atoms with E-state index in [9.17, 15) is 0 Å². The summed E-state index contributed by atoms with van der Waals surface area (Å²) in [7, 11) is 1.92. The summed E-state index contributed by atoms with van der Waals surface area (Å²) in [5, 5.41) is 3.15. The lowest BCUT2D eigenvalue weighted by molar-refractivity contribution is 1.91. The van der Waals surface area contributed by atoms with Crippen LogP contribution >= 0.6 is 0 Å². The molecule has 0 amide bonds. The Morgan fingerprint density at radius 3 is 1.88 bits per heavy atom. The summed E-state index contributed by atoms with van der Waals surface area (Å²) in [4.78, 5) is 0. The molecule has 0 fully saturated rings. The van der Waals surface area contributed by atoms with Gasteiger partial charge in [0.25, 0.3) is 0 Å². The fourth-order valence-corrected chi connectivity index (χ4v) is 3.32. The smallest absolute Gasteiger partial charge is 0.0600 e. The Morgan fingerprint density at radius 2 is 1.38 bits per heavy atom. The normalized spacial score (nSPS) is 21.0. The lowest BCUT2D eigenvalue weighted by Gasteiger charge is -1.84. The monoisotopic (exact) mass is 132 g/mol. The Balaban J connectivity index is 2.59. The van der Waals surface area contributed by atoms with Gasteiger partial charge in [-0.3, -0.25) is 0 Å². The fourth-order valence-electron chi connectivity index (χ4n) is 0.861. The van der Waals surface area contributed by atoms with Crippen molar-refractivity contribution in [1.82, 2.24) is 0 Å². The van der Waals surface area contributed by atoms with Crippen LogP contribution in [-0.2, 0) is 0 Å².